The maximum absolute atomic E-state index is 13.0. The molecule has 1 aliphatic heterocycles. The van der Waals surface area contributed by atoms with Crippen molar-refractivity contribution in [2.24, 2.45) is 0 Å². The number of aryl methyl sites for hydroxylation is 3. The van der Waals surface area contributed by atoms with Crippen LogP contribution in [-0.4, -0.2) is 43.8 Å². The standard InChI is InChI=1S/C24H30N2O5S/c1-4-18-8-6-9-19(5-2)23(18)25-22(27)16-31-24(28)21-10-7-15-26(21)32(29,30)20-13-11-17(3)12-14-20/h6,8-9,11-14,21H,4-5,7,10,15-16H2,1-3H3,(H,25,27)/t21-/m1/s1. The number of carbonyl (C=O) groups excluding carboxylic acids is 2. The van der Waals surface area contributed by atoms with Crippen LogP contribution in [0.15, 0.2) is 47.4 Å². The molecule has 0 bridgehead atoms. The third-order valence-electron chi connectivity index (χ3n) is 5.71. The summed E-state index contributed by atoms with van der Waals surface area (Å²) in [6, 6.07) is 11.4. The van der Waals surface area contributed by atoms with Crippen molar-refractivity contribution in [3.8, 4) is 0 Å². The molecule has 32 heavy (non-hydrogen) atoms. The molecule has 1 fully saturated rings. The monoisotopic (exact) mass is 458 g/mol. The Hall–Kier alpha value is -2.71. The van der Waals surface area contributed by atoms with E-state index in [9.17, 15) is 18.0 Å². The van der Waals surface area contributed by atoms with Gasteiger partial charge in [-0.1, -0.05) is 49.7 Å². The average molecular weight is 459 g/mol. The van der Waals surface area contributed by atoms with E-state index < -0.39 is 34.5 Å². The Labute approximate surface area is 189 Å². The van der Waals surface area contributed by atoms with Crippen molar-refractivity contribution in [1.82, 2.24) is 4.31 Å². The van der Waals surface area contributed by atoms with E-state index in [2.05, 4.69) is 5.32 Å². The molecule has 0 spiro atoms. The molecule has 1 N–H and O–H groups in total. The minimum atomic E-state index is -3.82. The Kier molecular flexibility index (Phi) is 7.69. The van der Waals surface area contributed by atoms with Crippen molar-refractivity contribution in [3.63, 3.8) is 0 Å². The van der Waals surface area contributed by atoms with Crippen LogP contribution in [0.2, 0.25) is 0 Å². The summed E-state index contributed by atoms with van der Waals surface area (Å²) in [5.74, 6) is -1.15. The van der Waals surface area contributed by atoms with Crippen LogP contribution in [0.25, 0.3) is 0 Å². The zero-order chi connectivity index (χ0) is 23.3. The van der Waals surface area contributed by atoms with E-state index >= 15 is 0 Å². The predicted molar refractivity (Wildman–Crippen MR) is 123 cm³/mol. The van der Waals surface area contributed by atoms with Crippen LogP contribution >= 0.6 is 0 Å². The van der Waals surface area contributed by atoms with Crippen LogP contribution in [0.1, 0.15) is 43.4 Å². The van der Waals surface area contributed by atoms with Gasteiger partial charge in [-0.15, -0.1) is 0 Å². The fraction of sp³-hybridized carbons (Fsp3) is 0.417. The van der Waals surface area contributed by atoms with Crippen LogP contribution in [0.3, 0.4) is 0 Å². The Morgan fingerprint density at radius 2 is 1.69 bits per heavy atom. The molecule has 2 aromatic carbocycles. The van der Waals surface area contributed by atoms with Crippen LogP contribution in [0.4, 0.5) is 5.69 Å². The van der Waals surface area contributed by atoms with E-state index in [1.165, 1.54) is 16.4 Å². The molecular formula is C24H30N2O5S. The van der Waals surface area contributed by atoms with Crippen LogP contribution < -0.4 is 5.32 Å². The van der Waals surface area contributed by atoms with E-state index in [0.717, 1.165) is 35.2 Å². The molecule has 0 saturated carbocycles. The number of hydrogen-bond donors (Lipinski definition) is 1. The molecule has 0 aromatic heterocycles. The van der Waals surface area contributed by atoms with Gasteiger partial charge in [0, 0.05) is 12.2 Å². The van der Waals surface area contributed by atoms with E-state index in [1.807, 2.05) is 39.0 Å². The van der Waals surface area contributed by atoms with Gasteiger partial charge in [0.05, 0.1) is 4.90 Å². The van der Waals surface area contributed by atoms with Crippen molar-refractivity contribution in [2.45, 2.75) is 57.4 Å². The molecule has 7 nitrogen and oxygen atoms in total. The number of rotatable bonds is 8. The molecule has 0 unspecified atom stereocenters. The normalized spacial score (nSPS) is 16.7. The maximum Gasteiger partial charge on any atom is 0.324 e. The van der Waals surface area contributed by atoms with E-state index in [-0.39, 0.29) is 11.4 Å². The molecule has 1 heterocycles. The lowest BCUT2D eigenvalue weighted by Crippen LogP contribution is -2.42. The summed E-state index contributed by atoms with van der Waals surface area (Å²) in [7, 11) is -3.82. The number of nitrogens with zero attached hydrogens (tertiary/aromatic N) is 1. The highest BCUT2D eigenvalue weighted by Gasteiger charge is 2.40. The summed E-state index contributed by atoms with van der Waals surface area (Å²) >= 11 is 0. The van der Waals surface area contributed by atoms with Gasteiger partial charge in [-0.25, -0.2) is 8.42 Å². The summed E-state index contributed by atoms with van der Waals surface area (Å²) in [5.41, 5.74) is 3.72. The van der Waals surface area contributed by atoms with Gasteiger partial charge in [0.1, 0.15) is 6.04 Å². The van der Waals surface area contributed by atoms with E-state index in [0.29, 0.717) is 12.8 Å². The summed E-state index contributed by atoms with van der Waals surface area (Å²) in [6.45, 7) is 5.67. The van der Waals surface area contributed by atoms with Gasteiger partial charge in [-0.05, 0) is 55.9 Å². The minimum absolute atomic E-state index is 0.142. The molecule has 1 aliphatic rings. The molecule has 3 rings (SSSR count). The third-order valence-corrected chi connectivity index (χ3v) is 7.63. The lowest BCUT2D eigenvalue weighted by molar-refractivity contribution is -0.150. The Balaban J connectivity index is 1.66. The topological polar surface area (TPSA) is 92.8 Å². The number of benzene rings is 2. The zero-order valence-electron chi connectivity index (χ0n) is 18.8. The van der Waals surface area contributed by atoms with Crippen molar-refractivity contribution >= 4 is 27.6 Å². The van der Waals surface area contributed by atoms with Gasteiger partial charge in [0.15, 0.2) is 6.61 Å². The second kappa shape index (κ2) is 10.3. The Bertz CT molecular complexity index is 1060. The minimum Gasteiger partial charge on any atom is -0.454 e. The number of anilines is 1. The molecule has 1 saturated heterocycles. The van der Waals surface area contributed by atoms with Crippen molar-refractivity contribution < 1.29 is 22.7 Å². The molecule has 1 atom stereocenters. The van der Waals surface area contributed by atoms with Gasteiger partial charge >= 0.3 is 5.97 Å². The number of nitrogens with one attached hydrogen (secondary N) is 1. The van der Waals surface area contributed by atoms with Gasteiger partial charge in [-0.2, -0.15) is 4.31 Å². The number of esters is 1. The molecule has 172 valence electrons. The smallest absolute Gasteiger partial charge is 0.324 e. The van der Waals surface area contributed by atoms with Crippen LogP contribution in [0.5, 0.6) is 0 Å². The number of amides is 1. The summed E-state index contributed by atoms with van der Waals surface area (Å²) in [6.07, 6.45) is 2.44. The highest BCUT2D eigenvalue weighted by molar-refractivity contribution is 7.89. The summed E-state index contributed by atoms with van der Waals surface area (Å²) in [5, 5.41) is 2.85. The first-order valence-electron chi connectivity index (χ1n) is 10.9. The molecule has 2 aromatic rings. The number of hydrogen-bond acceptors (Lipinski definition) is 5. The first-order valence-corrected chi connectivity index (χ1v) is 12.4. The maximum atomic E-state index is 13.0. The van der Waals surface area contributed by atoms with Gasteiger partial charge in [-0.3, -0.25) is 9.59 Å². The van der Waals surface area contributed by atoms with Crippen molar-refractivity contribution in [2.75, 3.05) is 18.5 Å². The summed E-state index contributed by atoms with van der Waals surface area (Å²) in [4.78, 5) is 25.3. The van der Waals surface area contributed by atoms with Crippen molar-refractivity contribution in [1.29, 1.82) is 0 Å². The second-order valence-electron chi connectivity index (χ2n) is 7.90. The van der Waals surface area contributed by atoms with Gasteiger partial charge < -0.3 is 10.1 Å². The average Bonchev–Trinajstić information content (AvgIpc) is 3.29. The first-order chi connectivity index (χ1) is 15.3. The number of ether oxygens (including phenoxy) is 1. The lowest BCUT2D eigenvalue weighted by atomic mass is 10.0. The Morgan fingerprint density at radius 3 is 2.28 bits per heavy atom. The highest BCUT2D eigenvalue weighted by Crippen LogP contribution is 2.27. The van der Waals surface area contributed by atoms with E-state index in [4.69, 9.17) is 4.74 Å². The summed E-state index contributed by atoms with van der Waals surface area (Å²) < 4.78 is 32.5. The number of sulfonamides is 1. The fourth-order valence-corrected chi connectivity index (χ4v) is 5.57. The number of para-hydroxylation sites is 1. The zero-order valence-corrected chi connectivity index (χ0v) is 19.6. The van der Waals surface area contributed by atoms with Crippen LogP contribution in [-0.2, 0) is 37.2 Å². The lowest BCUT2D eigenvalue weighted by Gasteiger charge is -2.23. The Morgan fingerprint density at radius 1 is 1.06 bits per heavy atom. The predicted octanol–water partition coefficient (Wildman–Crippen LogP) is 3.45. The highest BCUT2D eigenvalue weighted by atomic mass is 32.2. The quantitative estimate of drug-likeness (QED) is 0.612. The van der Waals surface area contributed by atoms with Crippen LogP contribution in [0, 0.1) is 6.92 Å². The second-order valence-corrected chi connectivity index (χ2v) is 9.79. The molecule has 1 amide bonds. The molecule has 8 heteroatoms. The van der Waals surface area contributed by atoms with E-state index in [1.54, 1.807) is 12.1 Å². The van der Waals surface area contributed by atoms with Gasteiger partial charge in [0.2, 0.25) is 10.0 Å². The largest absolute Gasteiger partial charge is 0.454 e. The van der Waals surface area contributed by atoms with Crippen molar-refractivity contribution in [3.05, 3.63) is 59.2 Å². The number of carbonyl (C=O) groups is 2. The third kappa shape index (κ3) is 5.19. The van der Waals surface area contributed by atoms with Gasteiger partial charge in [0.25, 0.3) is 5.91 Å². The fourth-order valence-electron chi connectivity index (χ4n) is 3.92. The first kappa shape index (κ1) is 23.9. The molecule has 0 radical (unpaired) electrons. The molecule has 0 aliphatic carbocycles. The SMILES string of the molecule is CCc1cccc(CC)c1NC(=O)COC(=O)[C@H]1CCCN1S(=O)(=O)c1ccc(C)cc1. The molecular weight excluding hydrogens is 428 g/mol.